The molecule has 152 valence electrons. The molecular formula is C19H25N3O6. The molecule has 0 radical (unpaired) electrons. The van der Waals surface area contributed by atoms with Crippen LogP contribution in [-0.4, -0.2) is 48.9 Å². The first-order valence-electron chi connectivity index (χ1n) is 8.83. The average Bonchev–Trinajstić information content (AvgIpc) is 2.70. The first kappa shape index (κ1) is 22.9. The predicted octanol–water partition coefficient (Wildman–Crippen LogP) is 1.02. The van der Waals surface area contributed by atoms with E-state index in [1.165, 1.54) is 7.11 Å². The van der Waals surface area contributed by atoms with Gasteiger partial charge in [-0.2, -0.15) is 5.26 Å². The van der Waals surface area contributed by atoms with Crippen molar-refractivity contribution in [1.82, 2.24) is 10.6 Å². The number of esters is 1. The molecule has 9 heteroatoms. The number of aliphatic hydroxyl groups excluding tert-OH is 1. The number of rotatable bonds is 11. The Labute approximate surface area is 163 Å². The molecule has 3 N–H and O–H groups in total. The summed E-state index contributed by atoms with van der Waals surface area (Å²) in [6.07, 6.45) is -1.25. The van der Waals surface area contributed by atoms with E-state index < -0.39 is 30.1 Å². The summed E-state index contributed by atoms with van der Waals surface area (Å²) >= 11 is 0. The maximum absolute atomic E-state index is 12.0. The number of ether oxygens (including phenoxy) is 2. The number of nitriles is 1. The van der Waals surface area contributed by atoms with Gasteiger partial charge in [0.2, 0.25) is 5.91 Å². The zero-order chi connectivity index (χ0) is 20.8. The summed E-state index contributed by atoms with van der Waals surface area (Å²) in [5.74, 6) is -1.19. The van der Waals surface area contributed by atoms with Crippen molar-refractivity contribution in [3.8, 4) is 6.07 Å². The molecule has 2 atom stereocenters. The molecular weight excluding hydrogens is 366 g/mol. The van der Waals surface area contributed by atoms with Crippen LogP contribution in [0.1, 0.15) is 31.2 Å². The van der Waals surface area contributed by atoms with Gasteiger partial charge in [-0.05, 0) is 18.4 Å². The molecule has 28 heavy (non-hydrogen) atoms. The van der Waals surface area contributed by atoms with Crippen molar-refractivity contribution in [3.63, 3.8) is 0 Å². The summed E-state index contributed by atoms with van der Waals surface area (Å²) in [4.78, 5) is 35.3. The number of methoxy groups -OCH3 is 1. The van der Waals surface area contributed by atoms with Crippen LogP contribution in [0, 0.1) is 11.3 Å². The zero-order valence-electron chi connectivity index (χ0n) is 15.7. The fraction of sp³-hybridized carbons (Fsp3) is 0.474. The topological polar surface area (TPSA) is 138 Å². The molecule has 0 fully saturated rings. The van der Waals surface area contributed by atoms with E-state index in [2.05, 4.69) is 15.4 Å². The number of carbonyl (C=O) groups excluding carboxylic acids is 3. The third kappa shape index (κ3) is 9.54. The molecule has 2 amide bonds. The van der Waals surface area contributed by atoms with Crippen LogP contribution in [0.2, 0.25) is 0 Å². The van der Waals surface area contributed by atoms with Crippen molar-refractivity contribution in [3.05, 3.63) is 35.9 Å². The quantitative estimate of drug-likeness (QED) is 0.378. The SMILES string of the molecule is COC(=O)[C@H](CCCC#N)NC(=O)C[C@@H](O)CNC(=O)OCc1ccccc1. The Morgan fingerprint density at radius 1 is 1.25 bits per heavy atom. The highest BCUT2D eigenvalue weighted by Gasteiger charge is 2.22. The van der Waals surface area contributed by atoms with Crippen molar-refractivity contribution in [2.24, 2.45) is 0 Å². The maximum Gasteiger partial charge on any atom is 0.407 e. The first-order chi connectivity index (χ1) is 13.5. The van der Waals surface area contributed by atoms with E-state index in [1.54, 1.807) is 12.1 Å². The minimum absolute atomic E-state index is 0.0900. The van der Waals surface area contributed by atoms with E-state index in [4.69, 9.17) is 10.00 Å². The molecule has 0 aromatic heterocycles. The average molecular weight is 391 g/mol. The first-order valence-corrected chi connectivity index (χ1v) is 8.83. The number of hydrogen-bond donors (Lipinski definition) is 3. The third-order valence-electron chi connectivity index (χ3n) is 3.72. The van der Waals surface area contributed by atoms with Gasteiger partial charge in [0.25, 0.3) is 0 Å². The van der Waals surface area contributed by atoms with Gasteiger partial charge >= 0.3 is 12.1 Å². The third-order valence-corrected chi connectivity index (χ3v) is 3.72. The van der Waals surface area contributed by atoms with Crippen LogP contribution < -0.4 is 10.6 Å². The summed E-state index contributed by atoms with van der Waals surface area (Å²) in [5.41, 5.74) is 0.822. The number of alkyl carbamates (subject to hydrolysis) is 1. The smallest absolute Gasteiger partial charge is 0.407 e. The number of benzene rings is 1. The number of aliphatic hydroxyl groups is 1. The standard InChI is InChI=1S/C19H25N3O6/c1-27-18(25)16(9-5-6-10-20)22-17(24)11-15(23)12-21-19(26)28-13-14-7-3-2-4-8-14/h2-4,7-8,15-16,23H,5-6,9,11-13H2,1H3,(H,21,26)(H,22,24)/t15-,16+/m1/s1. The fourth-order valence-corrected chi connectivity index (χ4v) is 2.29. The Kier molecular flexibility index (Phi) is 10.7. The Morgan fingerprint density at radius 3 is 2.61 bits per heavy atom. The van der Waals surface area contributed by atoms with Crippen LogP contribution in [0.3, 0.4) is 0 Å². The van der Waals surface area contributed by atoms with Crippen molar-refractivity contribution >= 4 is 18.0 Å². The second-order valence-electron chi connectivity index (χ2n) is 5.99. The Balaban J connectivity index is 2.32. The van der Waals surface area contributed by atoms with Gasteiger partial charge in [0.15, 0.2) is 0 Å². The predicted molar refractivity (Wildman–Crippen MR) is 98.7 cm³/mol. The Hall–Kier alpha value is -3.12. The maximum atomic E-state index is 12.0. The molecule has 0 aliphatic heterocycles. The van der Waals surface area contributed by atoms with E-state index >= 15 is 0 Å². The molecule has 0 unspecified atom stereocenters. The van der Waals surface area contributed by atoms with Gasteiger partial charge in [-0.25, -0.2) is 9.59 Å². The van der Waals surface area contributed by atoms with E-state index in [0.29, 0.717) is 6.42 Å². The van der Waals surface area contributed by atoms with Gasteiger partial charge < -0.3 is 25.2 Å². The second-order valence-corrected chi connectivity index (χ2v) is 5.99. The number of nitrogens with one attached hydrogen (secondary N) is 2. The summed E-state index contributed by atoms with van der Waals surface area (Å²) in [7, 11) is 1.20. The van der Waals surface area contributed by atoms with Crippen molar-refractivity contribution in [1.29, 1.82) is 5.26 Å². The van der Waals surface area contributed by atoms with Crippen LogP contribution >= 0.6 is 0 Å². The summed E-state index contributed by atoms with van der Waals surface area (Å²) in [6, 6.07) is 10.2. The van der Waals surface area contributed by atoms with Crippen molar-refractivity contribution < 1.29 is 29.0 Å². The molecule has 1 aromatic rings. The Bertz CT molecular complexity index is 674. The number of unbranched alkanes of at least 4 members (excludes halogenated alkanes) is 1. The normalized spacial score (nSPS) is 12.2. The largest absolute Gasteiger partial charge is 0.467 e. The number of nitrogens with zero attached hydrogens (tertiary/aromatic N) is 1. The molecule has 0 aliphatic rings. The highest BCUT2D eigenvalue weighted by atomic mass is 16.5. The van der Waals surface area contributed by atoms with E-state index in [9.17, 15) is 19.5 Å². The molecule has 1 rings (SSSR count). The number of hydrogen-bond acceptors (Lipinski definition) is 7. The highest BCUT2D eigenvalue weighted by molar-refractivity contribution is 5.84. The Morgan fingerprint density at radius 2 is 1.96 bits per heavy atom. The van der Waals surface area contributed by atoms with Crippen LogP contribution in [0.4, 0.5) is 4.79 Å². The van der Waals surface area contributed by atoms with Gasteiger partial charge in [0, 0.05) is 13.0 Å². The van der Waals surface area contributed by atoms with Crippen LogP contribution in [0.15, 0.2) is 30.3 Å². The van der Waals surface area contributed by atoms with Gasteiger partial charge in [-0.1, -0.05) is 30.3 Å². The van der Waals surface area contributed by atoms with Crippen molar-refractivity contribution in [2.75, 3.05) is 13.7 Å². The molecule has 0 saturated carbocycles. The molecule has 0 bridgehead atoms. The molecule has 0 heterocycles. The lowest BCUT2D eigenvalue weighted by Gasteiger charge is -2.17. The monoisotopic (exact) mass is 391 g/mol. The van der Waals surface area contributed by atoms with Gasteiger partial charge in [0.05, 0.1) is 25.7 Å². The fourth-order valence-electron chi connectivity index (χ4n) is 2.29. The van der Waals surface area contributed by atoms with E-state index in [-0.39, 0.29) is 32.4 Å². The molecule has 0 spiro atoms. The minimum Gasteiger partial charge on any atom is -0.467 e. The summed E-state index contributed by atoms with van der Waals surface area (Å²) in [5, 5.41) is 23.3. The van der Waals surface area contributed by atoms with Crippen LogP contribution in [0.5, 0.6) is 0 Å². The van der Waals surface area contributed by atoms with Gasteiger partial charge in [-0.3, -0.25) is 4.79 Å². The second kappa shape index (κ2) is 13.1. The number of amides is 2. The number of carbonyl (C=O) groups is 3. The lowest BCUT2D eigenvalue weighted by molar-refractivity contribution is -0.145. The lowest BCUT2D eigenvalue weighted by atomic mass is 10.1. The van der Waals surface area contributed by atoms with E-state index in [1.807, 2.05) is 24.3 Å². The zero-order valence-corrected chi connectivity index (χ0v) is 15.7. The van der Waals surface area contributed by atoms with Crippen LogP contribution in [0.25, 0.3) is 0 Å². The van der Waals surface area contributed by atoms with Gasteiger partial charge in [-0.15, -0.1) is 0 Å². The molecule has 0 saturated heterocycles. The summed E-state index contributed by atoms with van der Waals surface area (Å²) in [6.45, 7) is -0.0921. The summed E-state index contributed by atoms with van der Waals surface area (Å²) < 4.78 is 9.62. The molecule has 9 nitrogen and oxygen atoms in total. The minimum atomic E-state index is -1.15. The lowest BCUT2D eigenvalue weighted by Crippen LogP contribution is -2.43. The van der Waals surface area contributed by atoms with Crippen molar-refractivity contribution in [2.45, 2.75) is 44.4 Å². The van der Waals surface area contributed by atoms with E-state index in [0.717, 1.165) is 5.56 Å². The molecule has 0 aliphatic carbocycles. The van der Waals surface area contributed by atoms with Gasteiger partial charge in [0.1, 0.15) is 12.6 Å². The highest BCUT2D eigenvalue weighted by Crippen LogP contribution is 2.04. The molecule has 1 aromatic carbocycles. The van der Waals surface area contributed by atoms with Crippen LogP contribution in [-0.2, 0) is 25.7 Å².